The van der Waals surface area contributed by atoms with Gasteiger partial charge in [0.15, 0.2) is 0 Å². The largest absolute Gasteiger partial charge is 0.496 e. The van der Waals surface area contributed by atoms with Gasteiger partial charge >= 0.3 is 0 Å². The molecular weight excluding hydrogens is 278 g/mol. The summed E-state index contributed by atoms with van der Waals surface area (Å²) in [6, 6.07) is 6.21. The van der Waals surface area contributed by atoms with Crippen LogP contribution in [0.15, 0.2) is 22.7 Å². The summed E-state index contributed by atoms with van der Waals surface area (Å²) in [5.74, 6) is 0.914. The molecule has 1 aromatic rings. The first-order chi connectivity index (χ1) is 7.81. The van der Waals surface area contributed by atoms with Crippen LogP contribution in [0.3, 0.4) is 0 Å². The Labute approximate surface area is 113 Å². The second kappa shape index (κ2) is 5.87. The lowest BCUT2D eigenvalue weighted by atomic mass is 9.86. The van der Waals surface area contributed by atoms with Crippen LogP contribution in [0.5, 0.6) is 5.75 Å². The van der Waals surface area contributed by atoms with Gasteiger partial charge in [0.1, 0.15) is 5.75 Å². The molecule has 0 aliphatic carbocycles. The van der Waals surface area contributed by atoms with Gasteiger partial charge in [0.05, 0.1) is 7.11 Å². The fraction of sp³-hybridized carbons (Fsp3) is 0.571. The predicted octanol–water partition coefficient (Wildman–Crippen LogP) is 3.76. The number of hydrogen-bond acceptors (Lipinski definition) is 2. The van der Waals surface area contributed by atoms with Crippen molar-refractivity contribution in [2.75, 3.05) is 7.11 Å². The Kier molecular flexibility index (Phi) is 5.02. The van der Waals surface area contributed by atoms with Gasteiger partial charge in [-0.05, 0) is 42.0 Å². The number of benzene rings is 1. The molecule has 0 saturated heterocycles. The zero-order chi connectivity index (χ0) is 13.1. The summed E-state index contributed by atoms with van der Waals surface area (Å²) in [6.07, 6.45) is 1.85. The van der Waals surface area contributed by atoms with Crippen molar-refractivity contribution in [3.63, 3.8) is 0 Å². The molecule has 17 heavy (non-hydrogen) atoms. The zero-order valence-corrected chi connectivity index (χ0v) is 12.7. The molecule has 1 rings (SSSR count). The second-order valence-electron chi connectivity index (χ2n) is 5.69. The van der Waals surface area contributed by atoms with Crippen LogP contribution in [0, 0.1) is 5.41 Å². The van der Waals surface area contributed by atoms with Gasteiger partial charge in [-0.1, -0.05) is 36.7 Å². The van der Waals surface area contributed by atoms with E-state index in [1.807, 2.05) is 12.1 Å². The van der Waals surface area contributed by atoms with Crippen molar-refractivity contribution in [1.82, 2.24) is 0 Å². The molecule has 0 fully saturated rings. The predicted molar refractivity (Wildman–Crippen MR) is 76.4 cm³/mol. The number of hydrogen-bond donors (Lipinski definition) is 1. The molecule has 0 aromatic heterocycles. The SMILES string of the molecule is COc1ccc(Br)cc1CC(N)CC(C)(C)C. The summed E-state index contributed by atoms with van der Waals surface area (Å²) in [5.41, 5.74) is 7.62. The lowest BCUT2D eigenvalue weighted by molar-refractivity contribution is 0.335. The lowest BCUT2D eigenvalue weighted by Gasteiger charge is -2.23. The molecule has 1 unspecified atom stereocenters. The average molecular weight is 300 g/mol. The highest BCUT2D eigenvalue weighted by atomic mass is 79.9. The zero-order valence-electron chi connectivity index (χ0n) is 11.1. The molecular formula is C14H22BrNO. The Morgan fingerprint density at radius 3 is 2.53 bits per heavy atom. The van der Waals surface area contributed by atoms with Crippen molar-refractivity contribution in [1.29, 1.82) is 0 Å². The minimum absolute atomic E-state index is 0.165. The minimum Gasteiger partial charge on any atom is -0.496 e. The van der Waals surface area contributed by atoms with Crippen LogP contribution in [0.25, 0.3) is 0 Å². The molecule has 1 atom stereocenters. The smallest absolute Gasteiger partial charge is 0.122 e. The van der Waals surface area contributed by atoms with Gasteiger partial charge in [-0.2, -0.15) is 0 Å². The third-order valence-corrected chi connectivity index (χ3v) is 3.09. The number of nitrogens with two attached hydrogens (primary N) is 1. The van der Waals surface area contributed by atoms with Crippen LogP contribution < -0.4 is 10.5 Å². The van der Waals surface area contributed by atoms with Crippen molar-refractivity contribution in [2.45, 2.75) is 39.7 Å². The molecule has 0 saturated carbocycles. The molecule has 0 aliphatic heterocycles. The van der Waals surface area contributed by atoms with Gasteiger partial charge in [0.2, 0.25) is 0 Å². The standard InChI is InChI=1S/C14H22BrNO/c1-14(2,3)9-12(16)8-10-7-11(15)5-6-13(10)17-4/h5-7,12H,8-9,16H2,1-4H3. The first-order valence-corrected chi connectivity index (χ1v) is 6.69. The summed E-state index contributed by atoms with van der Waals surface area (Å²) in [4.78, 5) is 0. The van der Waals surface area contributed by atoms with E-state index in [0.717, 1.165) is 23.1 Å². The maximum absolute atomic E-state index is 6.19. The van der Waals surface area contributed by atoms with Crippen molar-refractivity contribution in [3.05, 3.63) is 28.2 Å². The molecule has 0 radical (unpaired) electrons. The summed E-state index contributed by atoms with van der Waals surface area (Å²) < 4.78 is 6.42. The Bertz CT molecular complexity index is 371. The highest BCUT2D eigenvalue weighted by Gasteiger charge is 2.17. The highest BCUT2D eigenvalue weighted by molar-refractivity contribution is 9.10. The normalized spacial score (nSPS) is 13.5. The molecule has 1 aromatic carbocycles. The van der Waals surface area contributed by atoms with E-state index in [1.165, 1.54) is 5.56 Å². The topological polar surface area (TPSA) is 35.2 Å². The summed E-state index contributed by atoms with van der Waals surface area (Å²) in [7, 11) is 1.70. The van der Waals surface area contributed by atoms with Crippen LogP contribution in [0.1, 0.15) is 32.8 Å². The van der Waals surface area contributed by atoms with Gasteiger partial charge in [0.25, 0.3) is 0 Å². The minimum atomic E-state index is 0.165. The molecule has 0 spiro atoms. The summed E-state index contributed by atoms with van der Waals surface area (Å²) in [6.45, 7) is 6.64. The van der Waals surface area contributed by atoms with Crippen LogP contribution in [0.4, 0.5) is 0 Å². The van der Waals surface area contributed by atoms with Crippen LogP contribution in [0.2, 0.25) is 0 Å². The maximum Gasteiger partial charge on any atom is 0.122 e. The molecule has 3 heteroatoms. The number of rotatable bonds is 4. The molecule has 0 aliphatic rings. The highest BCUT2D eigenvalue weighted by Crippen LogP contribution is 2.27. The van der Waals surface area contributed by atoms with Gasteiger partial charge in [-0.3, -0.25) is 0 Å². The van der Waals surface area contributed by atoms with Crippen LogP contribution >= 0.6 is 15.9 Å². The number of methoxy groups -OCH3 is 1. The summed E-state index contributed by atoms with van der Waals surface area (Å²) in [5, 5.41) is 0. The quantitative estimate of drug-likeness (QED) is 0.919. The number of ether oxygens (including phenoxy) is 1. The van der Waals surface area contributed by atoms with E-state index in [4.69, 9.17) is 10.5 Å². The Balaban J connectivity index is 2.76. The van der Waals surface area contributed by atoms with Gasteiger partial charge in [-0.15, -0.1) is 0 Å². The Hall–Kier alpha value is -0.540. The lowest BCUT2D eigenvalue weighted by Crippen LogP contribution is -2.28. The number of halogens is 1. The molecule has 96 valence electrons. The van der Waals surface area contributed by atoms with Crippen molar-refractivity contribution in [3.8, 4) is 5.75 Å². The first kappa shape index (κ1) is 14.5. The van der Waals surface area contributed by atoms with E-state index in [-0.39, 0.29) is 11.5 Å². The summed E-state index contributed by atoms with van der Waals surface area (Å²) >= 11 is 3.48. The monoisotopic (exact) mass is 299 g/mol. The van der Waals surface area contributed by atoms with Crippen LogP contribution in [-0.2, 0) is 6.42 Å². The van der Waals surface area contributed by atoms with E-state index in [9.17, 15) is 0 Å². The molecule has 2 nitrogen and oxygen atoms in total. The van der Waals surface area contributed by atoms with E-state index >= 15 is 0 Å². The Morgan fingerprint density at radius 2 is 2.00 bits per heavy atom. The van der Waals surface area contributed by atoms with Crippen LogP contribution in [-0.4, -0.2) is 13.2 Å². The van der Waals surface area contributed by atoms with E-state index in [2.05, 4.69) is 42.8 Å². The fourth-order valence-corrected chi connectivity index (χ4v) is 2.46. The maximum atomic E-state index is 6.19. The average Bonchev–Trinajstić information content (AvgIpc) is 2.14. The third kappa shape index (κ3) is 5.09. The molecule has 0 heterocycles. The first-order valence-electron chi connectivity index (χ1n) is 5.90. The third-order valence-electron chi connectivity index (χ3n) is 2.60. The molecule has 2 N–H and O–H groups in total. The van der Waals surface area contributed by atoms with Crippen molar-refractivity contribution >= 4 is 15.9 Å². The van der Waals surface area contributed by atoms with E-state index in [1.54, 1.807) is 7.11 Å². The van der Waals surface area contributed by atoms with Crippen molar-refractivity contribution in [2.24, 2.45) is 11.1 Å². The second-order valence-corrected chi connectivity index (χ2v) is 6.60. The van der Waals surface area contributed by atoms with E-state index in [0.29, 0.717) is 0 Å². The van der Waals surface area contributed by atoms with Crippen molar-refractivity contribution < 1.29 is 4.74 Å². The van der Waals surface area contributed by atoms with Gasteiger partial charge in [-0.25, -0.2) is 0 Å². The Morgan fingerprint density at radius 1 is 1.35 bits per heavy atom. The van der Waals surface area contributed by atoms with Gasteiger partial charge < -0.3 is 10.5 Å². The van der Waals surface area contributed by atoms with E-state index < -0.39 is 0 Å². The molecule has 0 amide bonds. The van der Waals surface area contributed by atoms with Gasteiger partial charge in [0, 0.05) is 10.5 Å². The molecule has 0 bridgehead atoms. The fourth-order valence-electron chi connectivity index (χ4n) is 2.05.